The molecule has 5 nitrogen and oxygen atoms in total. The second-order valence-electron chi connectivity index (χ2n) is 6.28. The van der Waals surface area contributed by atoms with Crippen LogP contribution >= 0.6 is 11.3 Å². The van der Waals surface area contributed by atoms with Crippen molar-refractivity contribution in [1.82, 2.24) is 14.9 Å². The minimum atomic E-state index is 0.481. The first-order chi connectivity index (χ1) is 12.2. The van der Waals surface area contributed by atoms with Crippen LogP contribution in [0.25, 0.3) is 10.9 Å². The number of pyridine rings is 1. The van der Waals surface area contributed by atoms with Gasteiger partial charge in [0.15, 0.2) is 0 Å². The van der Waals surface area contributed by atoms with E-state index < -0.39 is 0 Å². The molecule has 6 heteroatoms. The van der Waals surface area contributed by atoms with Crippen LogP contribution in [0.4, 0.5) is 5.69 Å². The monoisotopic (exact) mass is 349 g/mol. The molecule has 2 aromatic heterocycles. The van der Waals surface area contributed by atoms with E-state index in [9.17, 15) is 5.26 Å². The average molecular weight is 349 g/mol. The first kappa shape index (κ1) is 16.0. The summed E-state index contributed by atoms with van der Waals surface area (Å²) >= 11 is 1.71. The van der Waals surface area contributed by atoms with E-state index in [1.165, 1.54) is 0 Å². The van der Waals surface area contributed by atoms with Gasteiger partial charge in [-0.3, -0.25) is 4.90 Å². The Balaban J connectivity index is 1.52. The number of benzene rings is 1. The second kappa shape index (κ2) is 6.79. The summed E-state index contributed by atoms with van der Waals surface area (Å²) in [6.45, 7) is 6.85. The minimum Gasteiger partial charge on any atom is -0.368 e. The maximum atomic E-state index is 9.28. The van der Waals surface area contributed by atoms with Gasteiger partial charge in [0.25, 0.3) is 0 Å². The van der Waals surface area contributed by atoms with E-state index in [0.717, 1.165) is 60.0 Å². The van der Waals surface area contributed by atoms with Gasteiger partial charge in [0, 0.05) is 49.2 Å². The van der Waals surface area contributed by atoms with Gasteiger partial charge in [-0.2, -0.15) is 5.26 Å². The van der Waals surface area contributed by atoms with Gasteiger partial charge in [0.05, 0.1) is 16.2 Å². The molecule has 1 saturated heterocycles. The number of rotatable bonds is 3. The minimum absolute atomic E-state index is 0.481. The normalized spacial score (nSPS) is 15.4. The zero-order valence-electron chi connectivity index (χ0n) is 14.1. The van der Waals surface area contributed by atoms with Gasteiger partial charge >= 0.3 is 0 Å². The lowest BCUT2D eigenvalue weighted by Crippen LogP contribution is -2.46. The molecular formula is C19H19N5S. The maximum Gasteiger partial charge on any atom is 0.143 e. The SMILES string of the molecule is Cc1nc(CN2CCN(c3cc(C#N)nc4ccccc34)CC2)cs1. The highest BCUT2D eigenvalue weighted by Gasteiger charge is 2.20. The Labute approximate surface area is 151 Å². The summed E-state index contributed by atoms with van der Waals surface area (Å²) in [6.07, 6.45) is 0. The van der Waals surface area contributed by atoms with Gasteiger partial charge in [0.2, 0.25) is 0 Å². The Morgan fingerprint density at radius 2 is 1.96 bits per heavy atom. The Hall–Kier alpha value is -2.49. The topological polar surface area (TPSA) is 56.1 Å². The van der Waals surface area contributed by atoms with E-state index in [-0.39, 0.29) is 0 Å². The van der Waals surface area contributed by atoms with Crippen LogP contribution in [0.15, 0.2) is 35.7 Å². The third-order valence-corrected chi connectivity index (χ3v) is 5.40. The fourth-order valence-corrected chi connectivity index (χ4v) is 3.94. The van der Waals surface area contributed by atoms with E-state index in [1.807, 2.05) is 31.2 Å². The Morgan fingerprint density at radius 1 is 1.16 bits per heavy atom. The largest absolute Gasteiger partial charge is 0.368 e. The van der Waals surface area contributed by atoms with E-state index in [2.05, 4.69) is 37.3 Å². The van der Waals surface area contributed by atoms with Crippen LogP contribution in [0, 0.1) is 18.3 Å². The molecule has 0 unspecified atom stereocenters. The lowest BCUT2D eigenvalue weighted by Gasteiger charge is -2.36. The van der Waals surface area contributed by atoms with Gasteiger partial charge in [-0.15, -0.1) is 11.3 Å². The fourth-order valence-electron chi connectivity index (χ4n) is 3.33. The molecule has 0 amide bonds. The maximum absolute atomic E-state index is 9.28. The molecule has 0 N–H and O–H groups in total. The summed E-state index contributed by atoms with van der Waals surface area (Å²) in [5.74, 6) is 0. The Kier molecular flexibility index (Phi) is 4.35. The predicted octanol–water partition coefficient (Wildman–Crippen LogP) is 3.19. The van der Waals surface area contributed by atoms with E-state index in [1.54, 1.807) is 11.3 Å². The van der Waals surface area contributed by atoms with Crippen molar-refractivity contribution >= 4 is 27.9 Å². The highest BCUT2D eigenvalue weighted by Crippen LogP contribution is 2.27. The first-order valence-electron chi connectivity index (χ1n) is 8.41. The third-order valence-electron chi connectivity index (χ3n) is 4.57. The number of thiazole rings is 1. The molecule has 1 aromatic carbocycles. The van der Waals surface area contributed by atoms with E-state index >= 15 is 0 Å². The zero-order chi connectivity index (χ0) is 17.2. The molecule has 1 aliphatic rings. The summed E-state index contributed by atoms with van der Waals surface area (Å²) in [6, 6.07) is 12.2. The lowest BCUT2D eigenvalue weighted by molar-refractivity contribution is 0.247. The average Bonchev–Trinajstić information content (AvgIpc) is 3.06. The molecule has 25 heavy (non-hydrogen) atoms. The third kappa shape index (κ3) is 3.34. The molecule has 4 rings (SSSR count). The lowest BCUT2D eigenvalue weighted by atomic mass is 10.1. The predicted molar refractivity (Wildman–Crippen MR) is 101 cm³/mol. The molecule has 0 atom stereocenters. The highest BCUT2D eigenvalue weighted by molar-refractivity contribution is 7.09. The van der Waals surface area contributed by atoms with Crippen LogP contribution in [-0.4, -0.2) is 41.0 Å². The summed E-state index contributed by atoms with van der Waals surface area (Å²) in [5.41, 5.74) is 3.65. The molecule has 0 spiro atoms. The number of aryl methyl sites for hydroxylation is 1. The molecule has 0 saturated carbocycles. The number of para-hydroxylation sites is 1. The van der Waals surface area contributed by atoms with Crippen LogP contribution in [0.2, 0.25) is 0 Å². The van der Waals surface area contributed by atoms with E-state index in [4.69, 9.17) is 0 Å². The van der Waals surface area contributed by atoms with Crippen molar-refractivity contribution in [3.05, 3.63) is 52.1 Å². The Bertz CT molecular complexity index is 934. The number of hydrogen-bond donors (Lipinski definition) is 0. The van der Waals surface area contributed by atoms with Crippen molar-refractivity contribution in [3.63, 3.8) is 0 Å². The number of piperazine rings is 1. The highest BCUT2D eigenvalue weighted by atomic mass is 32.1. The standard InChI is InChI=1S/C19H19N5S/c1-14-21-16(13-25-14)12-23-6-8-24(9-7-23)19-10-15(11-20)22-18-5-3-2-4-17(18)19/h2-5,10,13H,6-9,12H2,1H3. The van der Waals surface area contributed by atoms with Crippen molar-refractivity contribution in [1.29, 1.82) is 5.26 Å². The van der Waals surface area contributed by atoms with Gasteiger partial charge < -0.3 is 4.90 Å². The number of aromatic nitrogens is 2. The van der Waals surface area contributed by atoms with Gasteiger partial charge in [-0.05, 0) is 19.1 Å². The molecule has 3 heterocycles. The van der Waals surface area contributed by atoms with E-state index in [0.29, 0.717) is 5.69 Å². The van der Waals surface area contributed by atoms with Crippen molar-refractivity contribution < 1.29 is 0 Å². The molecule has 0 radical (unpaired) electrons. The van der Waals surface area contributed by atoms with Crippen molar-refractivity contribution in [3.8, 4) is 6.07 Å². The molecular weight excluding hydrogens is 330 g/mol. The number of fused-ring (bicyclic) bond motifs is 1. The zero-order valence-corrected chi connectivity index (χ0v) is 15.0. The summed E-state index contributed by atoms with van der Waals surface area (Å²) in [5, 5.41) is 13.7. The van der Waals surface area contributed by atoms with Crippen LogP contribution in [-0.2, 0) is 6.54 Å². The Morgan fingerprint density at radius 3 is 2.68 bits per heavy atom. The van der Waals surface area contributed by atoms with Crippen molar-refractivity contribution in [2.45, 2.75) is 13.5 Å². The fraction of sp³-hybridized carbons (Fsp3) is 0.316. The van der Waals surface area contributed by atoms with Crippen molar-refractivity contribution in [2.24, 2.45) is 0 Å². The summed E-state index contributed by atoms with van der Waals surface area (Å²) in [7, 11) is 0. The summed E-state index contributed by atoms with van der Waals surface area (Å²) < 4.78 is 0. The quantitative estimate of drug-likeness (QED) is 0.727. The van der Waals surface area contributed by atoms with Gasteiger partial charge in [0.1, 0.15) is 11.8 Å². The molecule has 0 bridgehead atoms. The van der Waals surface area contributed by atoms with Crippen LogP contribution in [0.1, 0.15) is 16.4 Å². The van der Waals surface area contributed by atoms with Crippen LogP contribution in [0.5, 0.6) is 0 Å². The smallest absolute Gasteiger partial charge is 0.143 e. The number of anilines is 1. The van der Waals surface area contributed by atoms with Crippen LogP contribution in [0.3, 0.4) is 0 Å². The number of hydrogen-bond acceptors (Lipinski definition) is 6. The molecule has 1 fully saturated rings. The molecule has 0 aliphatic carbocycles. The number of nitrogens with zero attached hydrogens (tertiary/aromatic N) is 5. The van der Waals surface area contributed by atoms with Gasteiger partial charge in [-0.1, -0.05) is 18.2 Å². The first-order valence-corrected chi connectivity index (χ1v) is 9.29. The molecule has 3 aromatic rings. The second-order valence-corrected chi connectivity index (χ2v) is 7.34. The molecule has 1 aliphatic heterocycles. The summed E-state index contributed by atoms with van der Waals surface area (Å²) in [4.78, 5) is 13.8. The number of nitriles is 1. The molecule has 126 valence electrons. The van der Waals surface area contributed by atoms with Gasteiger partial charge in [-0.25, -0.2) is 9.97 Å². The van der Waals surface area contributed by atoms with Crippen molar-refractivity contribution in [2.75, 3.05) is 31.1 Å². The van der Waals surface area contributed by atoms with Crippen LogP contribution < -0.4 is 4.90 Å².